The van der Waals surface area contributed by atoms with Crippen LogP contribution in [-0.4, -0.2) is 21.0 Å². The summed E-state index contributed by atoms with van der Waals surface area (Å²) in [6.45, 7) is 4.08. The molecule has 4 nitrogen and oxygen atoms in total. The van der Waals surface area contributed by atoms with E-state index in [0.29, 0.717) is 17.4 Å². The number of nitrogens with two attached hydrogens (primary N) is 1. The van der Waals surface area contributed by atoms with Crippen molar-refractivity contribution in [3.63, 3.8) is 0 Å². The van der Waals surface area contributed by atoms with Crippen LogP contribution < -0.4 is 10.5 Å². The van der Waals surface area contributed by atoms with Gasteiger partial charge in [0.2, 0.25) is 10.0 Å². The summed E-state index contributed by atoms with van der Waals surface area (Å²) in [7, 11) is -3.49. The molecule has 120 valence electrons. The fourth-order valence-corrected chi connectivity index (χ4v) is 4.60. The Kier molecular flexibility index (Phi) is 6.66. The molecule has 6 heteroatoms. The molecule has 21 heavy (non-hydrogen) atoms. The van der Waals surface area contributed by atoms with E-state index in [1.165, 1.54) is 12.8 Å². The minimum Gasteiger partial charge on any atom is -0.329 e. The molecule has 0 bridgehead atoms. The predicted molar refractivity (Wildman–Crippen MR) is 88.3 cm³/mol. The van der Waals surface area contributed by atoms with Crippen LogP contribution in [0.5, 0.6) is 0 Å². The van der Waals surface area contributed by atoms with E-state index in [1.54, 1.807) is 6.07 Å². The average molecular weight is 333 g/mol. The number of benzene rings is 1. The van der Waals surface area contributed by atoms with E-state index in [2.05, 4.69) is 4.72 Å². The predicted octanol–water partition coefficient (Wildman–Crippen LogP) is 2.52. The summed E-state index contributed by atoms with van der Waals surface area (Å²) in [5, 5.41) is 0. The molecule has 1 unspecified atom stereocenters. The number of halogens is 1. The second-order valence-corrected chi connectivity index (χ2v) is 7.46. The van der Waals surface area contributed by atoms with Crippen LogP contribution in [0.25, 0.3) is 0 Å². The standard InChI is InChI=1S/C15H24N2O2S.ClH/c1-11-7-8-12(2)15(9-11)20(18,19)17-14(10-16)13-5-3-4-6-13;/h7-9,13-14,17H,3-6,10,16H2,1-2H3;1H. The SMILES string of the molecule is Cc1ccc(C)c(S(=O)(=O)NC(CN)C2CCCC2)c1.Cl. The van der Waals surface area contributed by atoms with Crippen molar-refractivity contribution in [3.8, 4) is 0 Å². The maximum atomic E-state index is 12.6. The smallest absolute Gasteiger partial charge is 0.241 e. The van der Waals surface area contributed by atoms with Gasteiger partial charge < -0.3 is 5.73 Å². The van der Waals surface area contributed by atoms with Crippen LogP contribution in [0.4, 0.5) is 0 Å². The lowest BCUT2D eigenvalue weighted by molar-refractivity contribution is 0.405. The highest BCUT2D eigenvalue weighted by Crippen LogP contribution is 2.28. The van der Waals surface area contributed by atoms with Crippen molar-refractivity contribution in [1.82, 2.24) is 4.72 Å². The van der Waals surface area contributed by atoms with Crippen LogP contribution >= 0.6 is 12.4 Å². The largest absolute Gasteiger partial charge is 0.329 e. The maximum absolute atomic E-state index is 12.6. The first-order valence-electron chi connectivity index (χ1n) is 7.23. The lowest BCUT2D eigenvalue weighted by Gasteiger charge is -2.23. The van der Waals surface area contributed by atoms with Gasteiger partial charge in [0.15, 0.2) is 0 Å². The monoisotopic (exact) mass is 332 g/mol. The van der Waals surface area contributed by atoms with Crippen molar-refractivity contribution in [1.29, 1.82) is 0 Å². The molecule has 1 aromatic rings. The van der Waals surface area contributed by atoms with Crippen molar-refractivity contribution in [2.45, 2.75) is 50.5 Å². The zero-order valence-corrected chi connectivity index (χ0v) is 14.3. The molecule has 0 spiro atoms. The third kappa shape index (κ3) is 4.42. The van der Waals surface area contributed by atoms with Crippen LogP contribution in [0.15, 0.2) is 23.1 Å². The van der Waals surface area contributed by atoms with Crippen molar-refractivity contribution in [2.24, 2.45) is 11.7 Å². The Bertz CT molecular complexity index is 569. The molecule has 1 saturated carbocycles. The second-order valence-electron chi connectivity index (χ2n) is 5.78. The van der Waals surface area contributed by atoms with Gasteiger partial charge in [-0.3, -0.25) is 0 Å². The van der Waals surface area contributed by atoms with Gasteiger partial charge in [0.25, 0.3) is 0 Å². The van der Waals surface area contributed by atoms with Gasteiger partial charge in [0, 0.05) is 12.6 Å². The van der Waals surface area contributed by atoms with Crippen LogP contribution in [0, 0.1) is 19.8 Å². The molecule has 0 aromatic heterocycles. The molecule has 1 atom stereocenters. The Hall–Kier alpha value is -0.620. The van der Waals surface area contributed by atoms with Gasteiger partial charge in [-0.1, -0.05) is 25.0 Å². The summed E-state index contributed by atoms with van der Waals surface area (Å²) < 4.78 is 27.9. The first-order chi connectivity index (χ1) is 9.44. The number of hydrogen-bond acceptors (Lipinski definition) is 3. The van der Waals surface area contributed by atoms with Gasteiger partial charge in [-0.05, 0) is 49.8 Å². The van der Waals surface area contributed by atoms with E-state index in [4.69, 9.17) is 5.73 Å². The Morgan fingerprint density at radius 3 is 2.48 bits per heavy atom. The number of hydrogen-bond donors (Lipinski definition) is 2. The topological polar surface area (TPSA) is 72.2 Å². The summed E-state index contributed by atoms with van der Waals surface area (Å²) in [5.41, 5.74) is 7.49. The zero-order valence-electron chi connectivity index (χ0n) is 12.6. The minimum absolute atomic E-state index is 0. The molecule has 0 amide bonds. The number of aryl methyl sites for hydroxylation is 2. The highest BCUT2D eigenvalue weighted by atomic mass is 35.5. The Morgan fingerprint density at radius 1 is 1.29 bits per heavy atom. The van der Waals surface area contributed by atoms with Crippen molar-refractivity contribution < 1.29 is 8.42 Å². The van der Waals surface area contributed by atoms with E-state index >= 15 is 0 Å². The lowest BCUT2D eigenvalue weighted by atomic mass is 9.99. The molecule has 1 aliphatic carbocycles. The highest BCUT2D eigenvalue weighted by molar-refractivity contribution is 7.89. The fraction of sp³-hybridized carbons (Fsp3) is 0.600. The third-order valence-electron chi connectivity index (χ3n) is 4.16. The summed E-state index contributed by atoms with van der Waals surface area (Å²) in [6.07, 6.45) is 4.48. The first kappa shape index (κ1) is 18.4. The molecule has 1 fully saturated rings. The Balaban J connectivity index is 0.00000220. The molecule has 0 heterocycles. The lowest BCUT2D eigenvalue weighted by Crippen LogP contribution is -2.44. The van der Waals surface area contributed by atoms with Gasteiger partial charge in [-0.25, -0.2) is 13.1 Å². The molecular formula is C15H25ClN2O2S. The summed E-state index contributed by atoms with van der Waals surface area (Å²) in [6, 6.07) is 5.34. The van der Waals surface area contributed by atoms with Gasteiger partial charge >= 0.3 is 0 Å². The summed E-state index contributed by atoms with van der Waals surface area (Å²) in [4.78, 5) is 0.369. The van der Waals surface area contributed by atoms with E-state index in [9.17, 15) is 8.42 Å². The van der Waals surface area contributed by atoms with E-state index in [1.807, 2.05) is 26.0 Å². The van der Waals surface area contributed by atoms with Gasteiger partial charge in [0.1, 0.15) is 0 Å². The zero-order chi connectivity index (χ0) is 14.8. The van der Waals surface area contributed by atoms with E-state index in [0.717, 1.165) is 24.0 Å². The number of sulfonamides is 1. The average Bonchev–Trinajstić information content (AvgIpc) is 2.92. The maximum Gasteiger partial charge on any atom is 0.241 e. The summed E-state index contributed by atoms with van der Waals surface area (Å²) in [5.74, 6) is 0.375. The second kappa shape index (κ2) is 7.58. The molecule has 3 N–H and O–H groups in total. The van der Waals surface area contributed by atoms with E-state index < -0.39 is 10.0 Å². The van der Waals surface area contributed by atoms with Crippen LogP contribution in [-0.2, 0) is 10.0 Å². The Labute approximate surface area is 134 Å². The molecule has 1 aromatic carbocycles. The van der Waals surface area contributed by atoms with Crippen molar-refractivity contribution >= 4 is 22.4 Å². The quantitative estimate of drug-likeness (QED) is 0.870. The van der Waals surface area contributed by atoms with Crippen molar-refractivity contribution in [2.75, 3.05) is 6.54 Å². The fourth-order valence-electron chi connectivity index (χ4n) is 2.96. The van der Waals surface area contributed by atoms with Gasteiger partial charge in [0.05, 0.1) is 4.90 Å². The third-order valence-corrected chi connectivity index (χ3v) is 5.79. The van der Waals surface area contributed by atoms with Crippen LogP contribution in [0.2, 0.25) is 0 Å². The van der Waals surface area contributed by atoms with E-state index in [-0.39, 0.29) is 18.4 Å². The van der Waals surface area contributed by atoms with Crippen LogP contribution in [0.3, 0.4) is 0 Å². The highest BCUT2D eigenvalue weighted by Gasteiger charge is 2.28. The molecule has 0 aliphatic heterocycles. The Morgan fingerprint density at radius 2 is 1.90 bits per heavy atom. The molecule has 2 rings (SSSR count). The number of rotatable bonds is 5. The van der Waals surface area contributed by atoms with Gasteiger partial charge in [-0.15, -0.1) is 12.4 Å². The van der Waals surface area contributed by atoms with Crippen LogP contribution in [0.1, 0.15) is 36.8 Å². The molecule has 0 radical (unpaired) electrons. The van der Waals surface area contributed by atoms with Gasteiger partial charge in [-0.2, -0.15) is 0 Å². The first-order valence-corrected chi connectivity index (χ1v) is 8.72. The number of nitrogens with one attached hydrogen (secondary N) is 1. The normalized spacial score (nSPS) is 17.5. The molecule has 0 saturated heterocycles. The molecule has 1 aliphatic rings. The molecular weight excluding hydrogens is 308 g/mol. The van der Waals surface area contributed by atoms with Crippen molar-refractivity contribution in [3.05, 3.63) is 29.3 Å². The minimum atomic E-state index is -3.49. The summed E-state index contributed by atoms with van der Waals surface area (Å²) >= 11 is 0.